The van der Waals surface area contributed by atoms with E-state index < -0.39 is 58.1 Å². The maximum absolute atomic E-state index is 12.2. The van der Waals surface area contributed by atoms with Crippen molar-refractivity contribution in [1.29, 1.82) is 0 Å². The Labute approximate surface area is 269 Å². The zero-order valence-corrected chi connectivity index (χ0v) is 27.2. The van der Waals surface area contributed by atoms with Gasteiger partial charge >= 0.3 is 27.1 Å². The number of nitrogens with zero attached hydrogens (tertiary/aromatic N) is 2. The second kappa shape index (κ2) is 17.5. The molecular weight excluding hydrogens is 664 g/mol. The van der Waals surface area contributed by atoms with Crippen molar-refractivity contribution in [2.45, 2.75) is 51.2 Å². The number of carbonyl (C=O) groups is 4. The SMILES string of the molecule is CC(=O)CCc1ccc(O)c(CN(CCN(CC(=O)O)Cc2cc(CCC(=O)NC(P(=O)(O)O)P(=O)(O)O)ccc2O)CC(=O)O)c1. The lowest BCUT2D eigenvalue weighted by Gasteiger charge is -2.26. The Morgan fingerprint density at radius 3 is 1.49 bits per heavy atom. The first-order valence-electron chi connectivity index (χ1n) is 14.1. The Morgan fingerprint density at radius 2 is 1.13 bits per heavy atom. The Balaban J connectivity index is 2.16. The lowest BCUT2D eigenvalue weighted by molar-refractivity contribution is -0.140. The molecule has 2 aromatic carbocycles. The predicted molar refractivity (Wildman–Crippen MR) is 165 cm³/mol. The first-order chi connectivity index (χ1) is 21.7. The second-order valence-corrected chi connectivity index (χ2v) is 14.8. The second-order valence-electron chi connectivity index (χ2n) is 11.0. The topological polar surface area (TPSA) is 283 Å². The molecule has 0 spiro atoms. The minimum atomic E-state index is -5.38. The van der Waals surface area contributed by atoms with Crippen LogP contribution in [0.1, 0.15) is 42.0 Å². The Hall–Kier alpha value is -3.66. The van der Waals surface area contributed by atoms with Crippen molar-refractivity contribution in [3.05, 3.63) is 58.7 Å². The summed E-state index contributed by atoms with van der Waals surface area (Å²) in [5, 5.41) is 41.5. The number of aliphatic carboxylic acids is 2. The van der Waals surface area contributed by atoms with E-state index in [2.05, 4.69) is 0 Å². The molecule has 0 radical (unpaired) electrons. The average molecular weight is 704 g/mol. The van der Waals surface area contributed by atoms with Crippen molar-refractivity contribution in [3.8, 4) is 11.5 Å². The number of rotatable bonds is 20. The molecule has 2 rings (SSSR count). The summed E-state index contributed by atoms with van der Waals surface area (Å²) < 4.78 is 22.8. The number of aromatic hydroxyl groups is 2. The number of carboxylic acid groups (broad SMARTS) is 2. The quantitative estimate of drug-likeness (QED) is 0.0861. The summed E-state index contributed by atoms with van der Waals surface area (Å²) in [6.07, 6.45) is 0.214. The standard InChI is InChI=1S/C28H39N3O14P2/c1-18(32)2-3-19-4-7-23(33)21(12-19)14-30(16-26(36)37)10-11-31(17-27(38)39)15-22-13-20(5-8-24(22)34)6-9-25(35)29-28(46(40,41)42)47(43,44)45/h4-5,7-8,12-13,28,33-34H,2-3,6,9-11,14-17H2,1H3,(H,29,35)(H,36,37)(H,38,39)(H2,40,41,42)(H2,43,44,45). The third-order valence-electron chi connectivity index (χ3n) is 6.86. The van der Waals surface area contributed by atoms with Gasteiger partial charge in [-0.3, -0.25) is 33.3 Å². The molecule has 0 bridgehead atoms. The summed E-state index contributed by atoms with van der Waals surface area (Å²) in [4.78, 5) is 86.5. The monoisotopic (exact) mass is 703 g/mol. The fourth-order valence-electron chi connectivity index (χ4n) is 4.58. The van der Waals surface area contributed by atoms with Crippen LogP contribution in [0.25, 0.3) is 0 Å². The number of hydrogen-bond donors (Lipinski definition) is 9. The van der Waals surface area contributed by atoms with Crippen LogP contribution in [-0.4, -0.2) is 105 Å². The molecule has 0 unspecified atom stereocenters. The van der Waals surface area contributed by atoms with Crippen LogP contribution in [0.3, 0.4) is 0 Å². The van der Waals surface area contributed by atoms with Gasteiger partial charge in [0.2, 0.25) is 11.4 Å². The summed E-state index contributed by atoms with van der Waals surface area (Å²) in [6, 6.07) is 8.96. The van der Waals surface area contributed by atoms with E-state index in [0.717, 1.165) is 5.56 Å². The molecule has 19 heteroatoms. The molecule has 0 aliphatic carbocycles. The minimum absolute atomic E-state index is 0.000642. The third kappa shape index (κ3) is 14.3. The highest BCUT2D eigenvalue weighted by atomic mass is 31.2. The van der Waals surface area contributed by atoms with Crippen LogP contribution in [0.5, 0.6) is 11.5 Å². The van der Waals surface area contributed by atoms with Gasteiger partial charge in [-0.25, -0.2) is 0 Å². The lowest BCUT2D eigenvalue weighted by atomic mass is 10.0. The molecule has 1 amide bonds. The molecule has 0 aliphatic heterocycles. The van der Waals surface area contributed by atoms with Crippen molar-refractivity contribution in [1.82, 2.24) is 15.1 Å². The molecule has 0 saturated carbocycles. The van der Waals surface area contributed by atoms with E-state index >= 15 is 0 Å². The third-order valence-corrected chi connectivity index (χ3v) is 10.2. The number of amides is 1. The number of phenols is 2. The molecular formula is C28H39N3O14P2. The maximum atomic E-state index is 12.2. The van der Waals surface area contributed by atoms with E-state index in [-0.39, 0.29) is 55.4 Å². The molecule has 2 aromatic rings. The Morgan fingerprint density at radius 1 is 0.723 bits per heavy atom. The van der Waals surface area contributed by atoms with E-state index in [1.165, 1.54) is 41.0 Å². The van der Waals surface area contributed by atoms with E-state index in [4.69, 9.17) is 0 Å². The number of nitrogens with one attached hydrogen (secondary N) is 1. The summed E-state index contributed by atoms with van der Waals surface area (Å²) in [7, 11) is -10.8. The van der Waals surface area contributed by atoms with Gasteiger partial charge in [0.1, 0.15) is 17.3 Å². The van der Waals surface area contributed by atoms with Crippen LogP contribution in [0.2, 0.25) is 0 Å². The van der Waals surface area contributed by atoms with E-state index in [1.807, 2.05) is 0 Å². The number of carboxylic acids is 2. The van der Waals surface area contributed by atoms with Crippen LogP contribution in [-0.2, 0) is 54.2 Å². The minimum Gasteiger partial charge on any atom is -0.508 e. The molecule has 0 atom stereocenters. The Kier molecular flexibility index (Phi) is 14.7. The molecule has 260 valence electrons. The van der Waals surface area contributed by atoms with Crippen LogP contribution in [0.15, 0.2) is 36.4 Å². The van der Waals surface area contributed by atoms with Gasteiger partial charge < -0.3 is 50.1 Å². The number of Topliss-reactive ketones (excluding diaryl/α,β-unsaturated/α-hetero) is 1. The van der Waals surface area contributed by atoms with Gasteiger partial charge in [-0.2, -0.15) is 0 Å². The van der Waals surface area contributed by atoms with Crippen molar-refractivity contribution in [2.24, 2.45) is 0 Å². The summed E-state index contributed by atoms with van der Waals surface area (Å²) in [5.41, 5.74) is -0.845. The molecule has 17 nitrogen and oxygen atoms in total. The first-order valence-corrected chi connectivity index (χ1v) is 17.5. The zero-order chi connectivity index (χ0) is 35.5. The van der Waals surface area contributed by atoms with Crippen molar-refractivity contribution in [2.75, 3.05) is 26.2 Å². The van der Waals surface area contributed by atoms with Crippen LogP contribution >= 0.6 is 15.2 Å². The number of ketones is 1. The first kappa shape index (κ1) is 39.5. The highest BCUT2D eigenvalue weighted by Crippen LogP contribution is 2.58. The molecule has 9 N–H and O–H groups in total. The van der Waals surface area contributed by atoms with Gasteiger partial charge in [-0.05, 0) is 43.0 Å². The molecule has 0 aromatic heterocycles. The van der Waals surface area contributed by atoms with Gasteiger partial charge in [0, 0.05) is 50.1 Å². The molecule has 0 heterocycles. The normalized spacial score (nSPS) is 12.1. The largest absolute Gasteiger partial charge is 0.508 e. The van der Waals surface area contributed by atoms with Crippen molar-refractivity contribution in [3.63, 3.8) is 0 Å². The number of hydrogen-bond acceptors (Lipinski definition) is 10. The van der Waals surface area contributed by atoms with Gasteiger partial charge in [0.15, 0.2) is 0 Å². The van der Waals surface area contributed by atoms with Gasteiger partial charge in [0.25, 0.3) is 0 Å². The summed E-state index contributed by atoms with van der Waals surface area (Å²) in [6.45, 7) is 0.458. The maximum Gasteiger partial charge on any atom is 0.360 e. The van der Waals surface area contributed by atoms with Crippen LogP contribution < -0.4 is 5.32 Å². The summed E-state index contributed by atoms with van der Waals surface area (Å²) >= 11 is 0. The van der Waals surface area contributed by atoms with E-state index in [0.29, 0.717) is 24.0 Å². The van der Waals surface area contributed by atoms with Gasteiger partial charge in [-0.1, -0.05) is 24.3 Å². The van der Waals surface area contributed by atoms with Gasteiger partial charge in [0.05, 0.1) is 13.1 Å². The smallest absolute Gasteiger partial charge is 0.360 e. The molecule has 0 aliphatic rings. The van der Waals surface area contributed by atoms with Crippen LogP contribution in [0, 0.1) is 0 Å². The summed E-state index contributed by atoms with van der Waals surface area (Å²) in [5.74, 6) is -3.73. The number of phenolic OH excluding ortho intramolecular Hbond substituents is 2. The molecule has 0 fully saturated rings. The molecule has 47 heavy (non-hydrogen) atoms. The van der Waals surface area contributed by atoms with Crippen molar-refractivity contribution >= 4 is 38.8 Å². The average Bonchev–Trinajstić information content (AvgIpc) is 2.93. The van der Waals surface area contributed by atoms with Crippen molar-refractivity contribution < 1.29 is 68.3 Å². The number of benzene rings is 2. The molecule has 0 saturated heterocycles. The van der Waals surface area contributed by atoms with E-state index in [9.17, 15) is 68.3 Å². The fourth-order valence-corrected chi connectivity index (χ4v) is 6.77. The fraction of sp³-hybridized carbons (Fsp3) is 0.429. The zero-order valence-electron chi connectivity index (χ0n) is 25.4. The van der Waals surface area contributed by atoms with E-state index in [1.54, 1.807) is 17.4 Å². The van der Waals surface area contributed by atoms with Gasteiger partial charge in [-0.15, -0.1) is 0 Å². The number of aryl methyl sites for hydroxylation is 2. The lowest BCUT2D eigenvalue weighted by Crippen LogP contribution is -2.39. The highest BCUT2D eigenvalue weighted by molar-refractivity contribution is 7.70. The highest BCUT2D eigenvalue weighted by Gasteiger charge is 2.44. The van der Waals surface area contributed by atoms with Crippen LogP contribution in [0.4, 0.5) is 0 Å². The Bertz CT molecular complexity index is 1520. The number of carbonyl (C=O) groups excluding carboxylic acids is 2. The predicted octanol–water partition coefficient (Wildman–Crippen LogP) is 0.781.